The molecule has 0 bridgehead atoms. The fourth-order valence-corrected chi connectivity index (χ4v) is 7.35. The Kier molecular flexibility index (Phi) is 6.70. The van der Waals surface area contributed by atoms with Gasteiger partial charge in [-0.05, 0) is 57.2 Å². The Balaban J connectivity index is 1.49. The quantitative estimate of drug-likeness (QED) is 0.514. The third-order valence-electron chi connectivity index (χ3n) is 7.32. The second-order valence-corrected chi connectivity index (χ2v) is 13.2. The monoisotopic (exact) mass is 513 g/mol. The summed E-state index contributed by atoms with van der Waals surface area (Å²) in [6, 6.07) is 8.92. The van der Waals surface area contributed by atoms with Crippen LogP contribution in [-0.4, -0.2) is 69.2 Å². The largest absolute Gasteiger partial charge is 0.396 e. The van der Waals surface area contributed by atoms with Crippen molar-refractivity contribution in [3.63, 3.8) is 0 Å². The van der Waals surface area contributed by atoms with Gasteiger partial charge >= 0.3 is 0 Å². The molecule has 1 saturated carbocycles. The predicted octanol–water partition coefficient (Wildman–Crippen LogP) is 1.33. The fraction of sp³-hybridized carbons (Fsp3) is 0.520. The summed E-state index contributed by atoms with van der Waals surface area (Å²) in [7, 11) is -2.00. The van der Waals surface area contributed by atoms with Gasteiger partial charge in [-0.2, -0.15) is 10.4 Å². The molecule has 2 N–H and O–H groups in total. The average molecular weight is 514 g/mol. The third kappa shape index (κ3) is 4.40. The average Bonchev–Trinajstić information content (AvgIpc) is 3.56. The van der Waals surface area contributed by atoms with Crippen LogP contribution in [0.15, 0.2) is 24.3 Å². The molecule has 1 fully saturated rings. The molecule has 1 aromatic heterocycles. The van der Waals surface area contributed by atoms with E-state index in [0.29, 0.717) is 42.6 Å². The van der Waals surface area contributed by atoms with E-state index in [0.717, 1.165) is 5.56 Å². The topological polar surface area (TPSA) is 145 Å². The number of amides is 2. The summed E-state index contributed by atoms with van der Waals surface area (Å²) in [5.41, 5.74) is 2.41. The highest BCUT2D eigenvalue weighted by Crippen LogP contribution is 2.50. The molecule has 1 aliphatic carbocycles. The Hall–Kier alpha value is -3.23. The molecule has 192 valence electrons. The lowest BCUT2D eigenvalue weighted by Gasteiger charge is -2.35. The van der Waals surface area contributed by atoms with Crippen molar-refractivity contribution in [2.75, 3.05) is 19.7 Å². The first kappa shape index (κ1) is 25.9. The van der Waals surface area contributed by atoms with Crippen molar-refractivity contribution in [3.05, 3.63) is 52.3 Å². The van der Waals surface area contributed by atoms with Gasteiger partial charge in [-0.3, -0.25) is 14.3 Å². The van der Waals surface area contributed by atoms with E-state index >= 15 is 0 Å². The van der Waals surface area contributed by atoms with Gasteiger partial charge in [0.2, 0.25) is 0 Å². The summed E-state index contributed by atoms with van der Waals surface area (Å²) in [6.45, 7) is 3.66. The van der Waals surface area contributed by atoms with Crippen molar-refractivity contribution in [1.29, 1.82) is 5.26 Å². The van der Waals surface area contributed by atoms with Crippen LogP contribution in [-0.2, 0) is 29.9 Å². The second-order valence-electron chi connectivity index (χ2n) is 10.2. The highest BCUT2D eigenvalue weighted by atomic mass is 32.2. The highest BCUT2D eigenvalue weighted by Gasteiger charge is 2.60. The number of fused-ring (bicyclic) bond motifs is 1. The Morgan fingerprint density at radius 2 is 1.94 bits per heavy atom. The number of nitrogens with one attached hydrogen (secondary N) is 1. The van der Waals surface area contributed by atoms with Crippen molar-refractivity contribution in [1.82, 2.24) is 20.0 Å². The van der Waals surface area contributed by atoms with E-state index in [9.17, 15) is 23.1 Å². The standard InChI is InChI=1S/C25H31N5O5S/c1-24(2,11-13-31)36(34,35)25(9-10-25)16-30-12-8-19-20(28-29(3)21(19)23(30)33)22(32)27-15-18-6-4-17(14-26)5-7-18/h4-7,31H,8-13,15-16H2,1-3H3,(H,27,32). The number of sulfone groups is 1. The van der Waals surface area contributed by atoms with Crippen LogP contribution in [0.1, 0.15) is 70.8 Å². The van der Waals surface area contributed by atoms with Crippen LogP contribution in [0.25, 0.3) is 0 Å². The molecular weight excluding hydrogens is 482 g/mol. The minimum Gasteiger partial charge on any atom is -0.396 e. The molecule has 1 aliphatic heterocycles. The molecule has 4 rings (SSSR count). The molecule has 0 spiro atoms. The van der Waals surface area contributed by atoms with Crippen LogP contribution in [0.2, 0.25) is 0 Å². The van der Waals surface area contributed by atoms with E-state index in [2.05, 4.69) is 10.4 Å². The summed E-state index contributed by atoms with van der Waals surface area (Å²) >= 11 is 0. The first-order valence-corrected chi connectivity index (χ1v) is 13.4. The number of benzene rings is 1. The number of aliphatic hydroxyl groups excluding tert-OH is 1. The normalized spacial score (nSPS) is 16.9. The molecular formula is C25H31N5O5S. The number of aliphatic hydroxyl groups is 1. The number of carbonyl (C=O) groups is 2. The van der Waals surface area contributed by atoms with Gasteiger partial charge in [0.1, 0.15) is 5.69 Å². The summed E-state index contributed by atoms with van der Waals surface area (Å²) in [5.74, 6) is -0.733. The Bertz CT molecular complexity index is 1330. The van der Waals surface area contributed by atoms with Crippen molar-refractivity contribution in [2.24, 2.45) is 7.05 Å². The third-order valence-corrected chi connectivity index (χ3v) is 10.7. The van der Waals surface area contributed by atoms with Gasteiger partial charge in [-0.25, -0.2) is 8.42 Å². The number of nitrogens with zero attached hydrogens (tertiary/aromatic N) is 4. The molecule has 10 nitrogen and oxygen atoms in total. The minimum absolute atomic E-state index is 0.0911. The lowest BCUT2D eigenvalue weighted by Crippen LogP contribution is -2.50. The summed E-state index contributed by atoms with van der Waals surface area (Å²) in [4.78, 5) is 27.8. The minimum atomic E-state index is -3.60. The zero-order valence-electron chi connectivity index (χ0n) is 20.7. The van der Waals surface area contributed by atoms with Gasteiger partial charge in [0.05, 0.1) is 21.1 Å². The Morgan fingerprint density at radius 1 is 1.28 bits per heavy atom. The maximum atomic E-state index is 13.4. The van der Waals surface area contributed by atoms with Crippen molar-refractivity contribution in [2.45, 2.75) is 55.6 Å². The molecule has 2 aromatic rings. The van der Waals surface area contributed by atoms with Gasteiger partial charge in [-0.1, -0.05) is 12.1 Å². The van der Waals surface area contributed by atoms with E-state index in [1.54, 1.807) is 50.1 Å². The molecule has 36 heavy (non-hydrogen) atoms. The lowest BCUT2D eigenvalue weighted by atomic mass is 10.0. The Labute approximate surface area is 210 Å². The van der Waals surface area contributed by atoms with Gasteiger partial charge in [-0.15, -0.1) is 0 Å². The molecule has 2 aliphatic rings. The number of hydrogen-bond donors (Lipinski definition) is 2. The molecule has 1 aromatic carbocycles. The van der Waals surface area contributed by atoms with Crippen molar-refractivity contribution >= 4 is 21.7 Å². The van der Waals surface area contributed by atoms with Gasteiger partial charge < -0.3 is 15.3 Å². The lowest BCUT2D eigenvalue weighted by molar-refractivity contribution is 0.0724. The van der Waals surface area contributed by atoms with Crippen LogP contribution >= 0.6 is 0 Å². The molecule has 11 heteroatoms. The zero-order valence-corrected chi connectivity index (χ0v) is 21.6. The first-order chi connectivity index (χ1) is 17.0. The molecule has 2 amide bonds. The number of carbonyl (C=O) groups excluding carboxylic acids is 2. The van der Waals surface area contributed by atoms with E-state index in [1.165, 1.54) is 4.68 Å². The molecule has 0 saturated heterocycles. The van der Waals surface area contributed by atoms with Crippen LogP contribution in [0.5, 0.6) is 0 Å². The first-order valence-electron chi connectivity index (χ1n) is 11.9. The van der Waals surface area contributed by atoms with Crippen LogP contribution in [0, 0.1) is 11.3 Å². The smallest absolute Gasteiger partial charge is 0.272 e. The van der Waals surface area contributed by atoms with E-state index < -0.39 is 25.2 Å². The number of rotatable bonds is 9. The summed E-state index contributed by atoms with van der Waals surface area (Å²) < 4.78 is 26.1. The van der Waals surface area contributed by atoms with Crippen LogP contribution in [0.4, 0.5) is 0 Å². The van der Waals surface area contributed by atoms with Crippen molar-refractivity contribution in [3.8, 4) is 6.07 Å². The van der Waals surface area contributed by atoms with Gasteiger partial charge in [0, 0.05) is 38.9 Å². The molecule has 0 unspecified atom stereocenters. The summed E-state index contributed by atoms with van der Waals surface area (Å²) in [5, 5.41) is 25.4. The number of hydrogen-bond acceptors (Lipinski definition) is 7. The fourth-order valence-electron chi connectivity index (χ4n) is 4.86. The Morgan fingerprint density at radius 3 is 2.53 bits per heavy atom. The molecule has 0 radical (unpaired) electrons. The SMILES string of the molecule is Cn1nc(C(=O)NCc2ccc(C#N)cc2)c2c1C(=O)N(CC1(S(=O)(=O)C(C)(C)CCO)CC1)CC2. The number of nitriles is 1. The van der Waals surface area contributed by atoms with E-state index in [1.807, 2.05) is 6.07 Å². The number of aromatic nitrogens is 2. The molecule has 0 atom stereocenters. The zero-order chi connectivity index (χ0) is 26.3. The summed E-state index contributed by atoms with van der Waals surface area (Å²) in [6.07, 6.45) is 1.49. The highest BCUT2D eigenvalue weighted by molar-refractivity contribution is 7.94. The van der Waals surface area contributed by atoms with Crippen LogP contribution < -0.4 is 5.32 Å². The maximum Gasteiger partial charge on any atom is 0.272 e. The second kappa shape index (κ2) is 9.33. The maximum absolute atomic E-state index is 13.4. The van der Waals surface area contributed by atoms with Gasteiger partial charge in [0.25, 0.3) is 11.8 Å². The molecule has 2 heterocycles. The van der Waals surface area contributed by atoms with Crippen LogP contribution in [0.3, 0.4) is 0 Å². The number of aryl methyl sites for hydroxylation is 1. The van der Waals surface area contributed by atoms with E-state index in [-0.39, 0.29) is 37.7 Å². The van der Waals surface area contributed by atoms with E-state index in [4.69, 9.17) is 5.26 Å². The predicted molar refractivity (Wildman–Crippen MR) is 132 cm³/mol. The van der Waals surface area contributed by atoms with Crippen molar-refractivity contribution < 1.29 is 23.1 Å². The van der Waals surface area contributed by atoms with Gasteiger partial charge in [0.15, 0.2) is 15.5 Å².